The van der Waals surface area contributed by atoms with Crippen LogP contribution in [-0.2, 0) is 0 Å². The summed E-state index contributed by atoms with van der Waals surface area (Å²) in [5, 5.41) is 0. The van der Waals surface area contributed by atoms with Crippen molar-refractivity contribution < 1.29 is 15.0 Å². The molecule has 0 saturated carbocycles. The molecule has 0 N–H and O–H groups in total. The number of benzene rings is 1. The van der Waals surface area contributed by atoms with Crippen molar-refractivity contribution in [2.45, 2.75) is 19.8 Å². The Labute approximate surface area is 115 Å². The molecule has 0 aliphatic heterocycles. The van der Waals surface area contributed by atoms with E-state index in [2.05, 4.69) is 0 Å². The van der Waals surface area contributed by atoms with Gasteiger partial charge in [-0.05, 0) is 45.6 Å². The maximum Gasteiger partial charge on any atom is 0.414 e. The lowest BCUT2D eigenvalue weighted by Gasteiger charge is -2.21. The standard InChI is InChI=1S/C14H22N2O2/c1-6-16(5)14(17)18-13-9-7-8-12(10-13)11(2)15(3)4/h7-11H,6H2,1-5H3/t11-/m0/s1/i2D3,11D. The first kappa shape index (κ1) is 9.39. The van der Waals surface area contributed by atoms with Gasteiger partial charge in [0.15, 0.2) is 0 Å². The number of carbonyl (C=O) groups is 1. The van der Waals surface area contributed by atoms with Crippen molar-refractivity contribution in [1.29, 1.82) is 0 Å². The van der Waals surface area contributed by atoms with Crippen LogP contribution in [0.3, 0.4) is 0 Å². The van der Waals surface area contributed by atoms with Crippen molar-refractivity contribution in [3.8, 4) is 5.75 Å². The third kappa shape index (κ3) is 3.74. The van der Waals surface area contributed by atoms with E-state index in [-0.39, 0.29) is 11.3 Å². The van der Waals surface area contributed by atoms with Gasteiger partial charge in [-0.25, -0.2) is 4.79 Å². The predicted octanol–water partition coefficient (Wildman–Crippen LogP) is 2.76. The van der Waals surface area contributed by atoms with Gasteiger partial charge in [0, 0.05) is 23.7 Å². The van der Waals surface area contributed by atoms with Crippen LogP contribution in [-0.4, -0.2) is 43.6 Å². The van der Waals surface area contributed by atoms with Crippen molar-refractivity contribution in [2.75, 3.05) is 27.7 Å². The Morgan fingerprint density at radius 1 is 1.50 bits per heavy atom. The fraction of sp³-hybridized carbons (Fsp3) is 0.500. The Bertz CT molecular complexity index is 534. The molecule has 0 aromatic heterocycles. The Balaban J connectivity index is 3.17. The lowest BCUT2D eigenvalue weighted by molar-refractivity contribution is 0.165. The molecule has 0 fully saturated rings. The molecule has 0 aliphatic rings. The highest BCUT2D eigenvalue weighted by Gasteiger charge is 2.12. The summed E-state index contributed by atoms with van der Waals surface area (Å²) in [6.07, 6.45) is -0.533. The van der Waals surface area contributed by atoms with Gasteiger partial charge >= 0.3 is 6.09 Å². The summed E-state index contributed by atoms with van der Waals surface area (Å²) >= 11 is 0. The Morgan fingerprint density at radius 2 is 2.22 bits per heavy atom. The quantitative estimate of drug-likeness (QED) is 0.828. The molecule has 0 saturated heterocycles. The molecule has 0 bridgehead atoms. The molecule has 0 unspecified atom stereocenters. The average molecular weight is 254 g/mol. The van der Waals surface area contributed by atoms with E-state index in [4.69, 9.17) is 10.2 Å². The second-order valence-corrected chi connectivity index (χ2v) is 4.15. The van der Waals surface area contributed by atoms with Gasteiger partial charge in [-0.1, -0.05) is 12.1 Å². The highest BCUT2D eigenvalue weighted by Crippen LogP contribution is 2.22. The van der Waals surface area contributed by atoms with Crippen LogP contribution in [0.25, 0.3) is 0 Å². The monoisotopic (exact) mass is 254 g/mol. The first-order valence-corrected chi connectivity index (χ1v) is 5.75. The minimum atomic E-state index is -2.56. The van der Waals surface area contributed by atoms with Gasteiger partial charge in [-0.3, -0.25) is 0 Å². The summed E-state index contributed by atoms with van der Waals surface area (Å²) in [5.74, 6) is 0.213. The molecule has 1 amide bonds. The number of nitrogens with zero attached hydrogens (tertiary/aromatic N) is 2. The third-order valence-electron chi connectivity index (χ3n) is 2.55. The van der Waals surface area contributed by atoms with Crippen molar-refractivity contribution in [2.24, 2.45) is 0 Å². The van der Waals surface area contributed by atoms with E-state index in [1.54, 1.807) is 25.2 Å². The van der Waals surface area contributed by atoms with Gasteiger partial charge in [0.1, 0.15) is 5.75 Å². The van der Waals surface area contributed by atoms with Gasteiger partial charge in [-0.15, -0.1) is 0 Å². The van der Waals surface area contributed by atoms with E-state index < -0.39 is 19.0 Å². The maximum atomic E-state index is 11.8. The van der Waals surface area contributed by atoms with Crippen LogP contribution in [0.15, 0.2) is 24.3 Å². The molecule has 0 aliphatic carbocycles. The fourth-order valence-corrected chi connectivity index (χ4v) is 1.27. The number of hydrogen-bond acceptors (Lipinski definition) is 3. The zero-order chi connectivity index (χ0) is 17.1. The molecular formula is C14H22N2O2. The van der Waals surface area contributed by atoms with Crippen molar-refractivity contribution in [3.05, 3.63) is 29.8 Å². The van der Waals surface area contributed by atoms with Gasteiger partial charge in [0.2, 0.25) is 0 Å². The number of amides is 1. The maximum absolute atomic E-state index is 11.8. The van der Waals surface area contributed by atoms with E-state index >= 15 is 0 Å². The van der Waals surface area contributed by atoms with Crippen LogP contribution in [0.2, 0.25) is 0 Å². The van der Waals surface area contributed by atoms with Crippen LogP contribution in [0.5, 0.6) is 5.75 Å². The SMILES string of the molecule is [2H]C([2H])([2H])[C@@]([2H])(c1cccc(OC(=O)N(C)CC)c1)N(C)C. The fourth-order valence-electron chi connectivity index (χ4n) is 1.27. The summed E-state index contributed by atoms with van der Waals surface area (Å²) in [6, 6.07) is 4.16. The van der Waals surface area contributed by atoms with Gasteiger partial charge in [0.25, 0.3) is 0 Å². The highest BCUT2D eigenvalue weighted by atomic mass is 16.6. The lowest BCUT2D eigenvalue weighted by atomic mass is 10.1. The number of carbonyl (C=O) groups excluding carboxylic acids is 1. The van der Waals surface area contributed by atoms with E-state index in [1.165, 1.54) is 30.0 Å². The molecule has 4 heteroatoms. The second-order valence-electron chi connectivity index (χ2n) is 4.15. The summed E-state index contributed by atoms with van der Waals surface area (Å²) in [7, 11) is 4.66. The lowest BCUT2D eigenvalue weighted by Crippen LogP contribution is -2.29. The average Bonchev–Trinajstić information content (AvgIpc) is 2.44. The predicted molar refractivity (Wildman–Crippen MR) is 72.9 cm³/mol. The summed E-state index contributed by atoms with van der Waals surface area (Å²) in [4.78, 5) is 14.5. The van der Waals surface area contributed by atoms with E-state index in [0.29, 0.717) is 6.54 Å². The summed E-state index contributed by atoms with van der Waals surface area (Å²) in [6.45, 7) is -0.250. The number of ether oxygens (including phenoxy) is 1. The van der Waals surface area contributed by atoms with Crippen LogP contribution in [0.4, 0.5) is 4.79 Å². The molecular weight excluding hydrogens is 228 g/mol. The van der Waals surface area contributed by atoms with E-state index in [9.17, 15) is 4.79 Å². The third-order valence-corrected chi connectivity index (χ3v) is 2.55. The van der Waals surface area contributed by atoms with Crippen LogP contribution >= 0.6 is 0 Å². The first-order chi connectivity index (χ1) is 10.0. The smallest absolute Gasteiger partial charge is 0.410 e. The molecule has 18 heavy (non-hydrogen) atoms. The highest BCUT2D eigenvalue weighted by molar-refractivity contribution is 5.70. The Hall–Kier alpha value is -1.55. The van der Waals surface area contributed by atoms with Crippen LogP contribution in [0, 0.1) is 0 Å². The van der Waals surface area contributed by atoms with E-state index in [1.807, 2.05) is 6.92 Å². The van der Waals surface area contributed by atoms with Crippen LogP contribution < -0.4 is 4.74 Å². The molecule has 0 spiro atoms. The normalized spacial score (nSPS) is 18.1. The molecule has 1 atom stereocenters. The Kier molecular flexibility index (Phi) is 3.34. The molecule has 0 radical (unpaired) electrons. The first-order valence-electron chi connectivity index (χ1n) is 7.75. The molecule has 1 rings (SSSR count). The zero-order valence-corrected chi connectivity index (χ0v) is 11.2. The largest absolute Gasteiger partial charge is 0.414 e. The Morgan fingerprint density at radius 3 is 2.78 bits per heavy atom. The minimum Gasteiger partial charge on any atom is -0.410 e. The summed E-state index contributed by atoms with van der Waals surface area (Å²) < 4.78 is 36.5. The molecule has 1 aromatic rings. The topological polar surface area (TPSA) is 32.8 Å². The van der Waals surface area contributed by atoms with Crippen molar-refractivity contribution in [1.82, 2.24) is 9.80 Å². The van der Waals surface area contributed by atoms with Crippen molar-refractivity contribution in [3.63, 3.8) is 0 Å². The molecule has 1 aromatic carbocycles. The number of hydrogen-bond donors (Lipinski definition) is 0. The van der Waals surface area contributed by atoms with Gasteiger partial charge in [-0.2, -0.15) is 0 Å². The molecule has 0 heterocycles. The molecule has 4 nitrogen and oxygen atoms in total. The summed E-state index contributed by atoms with van der Waals surface area (Å²) in [5.41, 5.74) is 0.238. The second kappa shape index (κ2) is 6.40. The minimum absolute atomic E-state index is 0.213. The number of rotatable bonds is 4. The van der Waals surface area contributed by atoms with Crippen LogP contribution in [0.1, 0.15) is 30.8 Å². The zero-order valence-electron chi connectivity index (χ0n) is 15.2. The van der Waals surface area contributed by atoms with Gasteiger partial charge in [0.05, 0.1) is 1.37 Å². The molecule has 100 valence electrons. The van der Waals surface area contributed by atoms with Gasteiger partial charge < -0.3 is 14.5 Å². The van der Waals surface area contributed by atoms with E-state index in [0.717, 1.165) is 0 Å². The van der Waals surface area contributed by atoms with Crippen molar-refractivity contribution >= 4 is 6.09 Å².